The SMILES string of the molecule is O=[N+]([O-])c1ccc(OC2CCNCC2)c([N+](=O)[O-])c1. The smallest absolute Gasteiger partial charge is 0.317 e. The maximum Gasteiger partial charge on any atom is 0.317 e. The monoisotopic (exact) mass is 267 g/mol. The van der Waals surface area contributed by atoms with E-state index in [9.17, 15) is 20.2 Å². The molecule has 102 valence electrons. The number of piperidine rings is 1. The molecule has 0 aromatic heterocycles. The summed E-state index contributed by atoms with van der Waals surface area (Å²) in [6.07, 6.45) is 1.42. The van der Waals surface area contributed by atoms with Crippen molar-refractivity contribution in [3.05, 3.63) is 38.4 Å². The molecule has 0 atom stereocenters. The molecule has 0 unspecified atom stereocenters. The summed E-state index contributed by atoms with van der Waals surface area (Å²) in [5, 5.41) is 24.7. The Morgan fingerprint density at radius 3 is 2.42 bits per heavy atom. The molecule has 1 aliphatic rings. The number of nitrogens with zero attached hydrogens (tertiary/aromatic N) is 2. The van der Waals surface area contributed by atoms with Crippen molar-refractivity contribution in [1.82, 2.24) is 5.32 Å². The molecular formula is C11H13N3O5. The van der Waals surface area contributed by atoms with Crippen LogP contribution in [-0.2, 0) is 0 Å². The first kappa shape index (κ1) is 13.2. The van der Waals surface area contributed by atoms with E-state index in [1.54, 1.807) is 0 Å². The van der Waals surface area contributed by atoms with Gasteiger partial charge in [-0.05, 0) is 32.0 Å². The number of hydrogen-bond donors (Lipinski definition) is 1. The Balaban J connectivity index is 2.23. The van der Waals surface area contributed by atoms with E-state index < -0.39 is 9.85 Å². The van der Waals surface area contributed by atoms with Crippen molar-refractivity contribution in [2.24, 2.45) is 0 Å². The van der Waals surface area contributed by atoms with E-state index >= 15 is 0 Å². The minimum Gasteiger partial charge on any atom is -0.483 e. The maximum atomic E-state index is 10.9. The van der Waals surface area contributed by atoms with Crippen LogP contribution in [0.15, 0.2) is 18.2 Å². The van der Waals surface area contributed by atoms with Gasteiger partial charge in [0.15, 0.2) is 5.75 Å². The van der Waals surface area contributed by atoms with Crippen LogP contribution < -0.4 is 10.1 Å². The summed E-state index contributed by atoms with van der Waals surface area (Å²) in [6, 6.07) is 3.43. The van der Waals surface area contributed by atoms with Crippen LogP contribution in [0.3, 0.4) is 0 Å². The number of non-ortho nitro benzene ring substituents is 1. The quantitative estimate of drug-likeness (QED) is 0.656. The third-order valence-corrected chi connectivity index (χ3v) is 2.93. The standard InChI is InChI=1S/C11H13N3O5/c15-13(16)8-1-2-11(10(7-8)14(17)18)19-9-3-5-12-6-4-9/h1-2,7,9,12H,3-6H2. The van der Waals surface area contributed by atoms with Crippen LogP contribution >= 0.6 is 0 Å². The van der Waals surface area contributed by atoms with Crippen molar-refractivity contribution in [1.29, 1.82) is 0 Å². The molecule has 0 radical (unpaired) electrons. The Hall–Kier alpha value is -2.22. The van der Waals surface area contributed by atoms with Crippen LogP contribution in [-0.4, -0.2) is 29.0 Å². The first-order chi connectivity index (χ1) is 9.08. The highest BCUT2D eigenvalue weighted by molar-refractivity contribution is 5.53. The fourth-order valence-electron chi connectivity index (χ4n) is 1.95. The highest BCUT2D eigenvalue weighted by Gasteiger charge is 2.23. The maximum absolute atomic E-state index is 10.9. The molecule has 8 nitrogen and oxygen atoms in total. The molecule has 0 bridgehead atoms. The Morgan fingerprint density at radius 1 is 1.16 bits per heavy atom. The number of nitrogens with one attached hydrogen (secondary N) is 1. The van der Waals surface area contributed by atoms with Gasteiger partial charge in [0.1, 0.15) is 6.10 Å². The number of nitro benzene ring substituents is 2. The second kappa shape index (κ2) is 5.61. The van der Waals surface area contributed by atoms with E-state index in [0.29, 0.717) is 0 Å². The van der Waals surface area contributed by atoms with E-state index in [0.717, 1.165) is 32.0 Å². The summed E-state index contributed by atoms with van der Waals surface area (Å²) in [5.41, 5.74) is -0.683. The summed E-state index contributed by atoms with van der Waals surface area (Å²) < 4.78 is 5.58. The Bertz CT molecular complexity index is 499. The van der Waals surface area contributed by atoms with Gasteiger partial charge in [-0.15, -0.1) is 0 Å². The third-order valence-electron chi connectivity index (χ3n) is 2.93. The average Bonchev–Trinajstić information content (AvgIpc) is 2.39. The highest BCUT2D eigenvalue weighted by Crippen LogP contribution is 2.32. The molecule has 0 aliphatic carbocycles. The van der Waals surface area contributed by atoms with Crippen molar-refractivity contribution < 1.29 is 14.6 Å². The van der Waals surface area contributed by atoms with Crippen LogP contribution in [0.2, 0.25) is 0 Å². The van der Waals surface area contributed by atoms with E-state index in [-0.39, 0.29) is 23.2 Å². The average molecular weight is 267 g/mol. The lowest BCUT2D eigenvalue weighted by Gasteiger charge is -2.23. The van der Waals surface area contributed by atoms with Crippen molar-refractivity contribution >= 4 is 11.4 Å². The minimum absolute atomic E-state index is 0.0856. The van der Waals surface area contributed by atoms with Gasteiger partial charge in [0, 0.05) is 6.07 Å². The van der Waals surface area contributed by atoms with Gasteiger partial charge in [-0.1, -0.05) is 0 Å². The number of ether oxygens (including phenoxy) is 1. The molecule has 0 saturated carbocycles. The lowest BCUT2D eigenvalue weighted by molar-refractivity contribution is -0.394. The van der Waals surface area contributed by atoms with Gasteiger partial charge in [0.2, 0.25) is 0 Å². The molecule has 1 aliphatic heterocycles. The van der Waals surface area contributed by atoms with Gasteiger partial charge in [-0.2, -0.15) is 0 Å². The third kappa shape index (κ3) is 3.16. The molecule has 2 rings (SSSR count). The van der Waals surface area contributed by atoms with E-state index in [1.807, 2.05) is 0 Å². The van der Waals surface area contributed by atoms with Crippen LogP contribution in [0.5, 0.6) is 5.75 Å². The number of nitro groups is 2. The summed E-state index contributed by atoms with van der Waals surface area (Å²) in [7, 11) is 0. The van der Waals surface area contributed by atoms with Crippen LogP contribution in [0.25, 0.3) is 0 Å². The second-order valence-corrected chi connectivity index (χ2v) is 4.23. The largest absolute Gasteiger partial charge is 0.483 e. The van der Waals surface area contributed by atoms with Gasteiger partial charge in [0.25, 0.3) is 5.69 Å². The van der Waals surface area contributed by atoms with E-state index in [4.69, 9.17) is 4.74 Å². The fraction of sp³-hybridized carbons (Fsp3) is 0.455. The molecule has 0 spiro atoms. The highest BCUT2D eigenvalue weighted by atomic mass is 16.6. The molecule has 19 heavy (non-hydrogen) atoms. The topological polar surface area (TPSA) is 108 Å². The normalized spacial score (nSPS) is 16.0. The lowest BCUT2D eigenvalue weighted by atomic mass is 10.1. The molecular weight excluding hydrogens is 254 g/mol. The molecule has 8 heteroatoms. The molecule has 1 fully saturated rings. The number of hydrogen-bond acceptors (Lipinski definition) is 6. The predicted molar refractivity (Wildman–Crippen MR) is 66.3 cm³/mol. The molecule has 1 heterocycles. The van der Waals surface area contributed by atoms with Crippen molar-refractivity contribution in [3.63, 3.8) is 0 Å². The lowest BCUT2D eigenvalue weighted by Crippen LogP contribution is -2.34. The van der Waals surface area contributed by atoms with Crippen LogP contribution in [0.1, 0.15) is 12.8 Å². The van der Waals surface area contributed by atoms with Crippen LogP contribution in [0.4, 0.5) is 11.4 Å². The number of rotatable bonds is 4. The van der Waals surface area contributed by atoms with Gasteiger partial charge in [-0.3, -0.25) is 20.2 Å². The van der Waals surface area contributed by atoms with E-state index in [1.165, 1.54) is 12.1 Å². The molecule has 1 saturated heterocycles. The summed E-state index contributed by atoms with van der Waals surface area (Å²) in [5.74, 6) is 0.0856. The zero-order valence-corrected chi connectivity index (χ0v) is 10.1. The molecule has 0 amide bonds. The Kier molecular flexibility index (Phi) is 3.91. The first-order valence-corrected chi connectivity index (χ1v) is 5.88. The van der Waals surface area contributed by atoms with Crippen molar-refractivity contribution in [2.75, 3.05) is 13.1 Å². The first-order valence-electron chi connectivity index (χ1n) is 5.88. The Morgan fingerprint density at radius 2 is 1.84 bits per heavy atom. The molecule has 1 aromatic carbocycles. The van der Waals surface area contributed by atoms with Crippen molar-refractivity contribution in [3.8, 4) is 5.75 Å². The molecule has 1 aromatic rings. The van der Waals surface area contributed by atoms with Gasteiger partial charge >= 0.3 is 5.69 Å². The predicted octanol–water partition coefficient (Wildman–Crippen LogP) is 1.63. The van der Waals surface area contributed by atoms with Gasteiger partial charge < -0.3 is 10.1 Å². The van der Waals surface area contributed by atoms with Crippen molar-refractivity contribution in [2.45, 2.75) is 18.9 Å². The zero-order valence-electron chi connectivity index (χ0n) is 10.1. The van der Waals surface area contributed by atoms with Gasteiger partial charge in [0.05, 0.1) is 15.9 Å². The summed E-state index contributed by atoms with van der Waals surface area (Å²) in [6.45, 7) is 1.59. The fourth-order valence-corrected chi connectivity index (χ4v) is 1.95. The van der Waals surface area contributed by atoms with Crippen LogP contribution in [0, 0.1) is 20.2 Å². The van der Waals surface area contributed by atoms with E-state index in [2.05, 4.69) is 5.32 Å². The summed E-state index contributed by atoms with van der Waals surface area (Å²) >= 11 is 0. The van der Waals surface area contributed by atoms with Gasteiger partial charge in [-0.25, -0.2) is 0 Å². The summed E-state index contributed by atoms with van der Waals surface area (Å²) in [4.78, 5) is 20.2. The zero-order chi connectivity index (χ0) is 13.8. The Labute approximate surface area is 108 Å². The minimum atomic E-state index is -0.665. The number of benzene rings is 1. The second-order valence-electron chi connectivity index (χ2n) is 4.23. The molecule has 1 N–H and O–H groups in total.